The average Bonchev–Trinajstić information content (AvgIpc) is 3.49. The summed E-state index contributed by atoms with van der Waals surface area (Å²) in [6, 6.07) is 18.6. The van der Waals surface area contributed by atoms with E-state index >= 15 is 0 Å². The standard InChI is InChI=1S/C34H38FN5O2/c1-2-39-18-8-9-27(39)23-37-34-36-15-14-33(38-34)42-32-13-12-24(29-10-4-5-11-30(29)32)21-31(41)25-19-26(35)22-28(20-25)40-16-6-3-7-17-40/h4-5,10-15,19-20,22,27H,2-3,6-9,16-18,21,23H2,1H3,(H,36,37,38). The van der Waals surface area contributed by atoms with Gasteiger partial charge in [-0.15, -0.1) is 0 Å². The number of carbonyl (C=O) groups is 1. The second-order valence-corrected chi connectivity index (χ2v) is 11.2. The molecule has 7 nitrogen and oxygen atoms in total. The van der Waals surface area contributed by atoms with Gasteiger partial charge in [-0.3, -0.25) is 9.69 Å². The molecule has 3 aromatic carbocycles. The van der Waals surface area contributed by atoms with Crippen LogP contribution in [-0.2, 0) is 6.42 Å². The van der Waals surface area contributed by atoms with Crippen LogP contribution >= 0.6 is 0 Å². The SMILES string of the molecule is CCN1CCCC1CNc1nccc(Oc2ccc(CC(=O)c3cc(F)cc(N4CCCCC4)c3)c3ccccc23)n1. The van der Waals surface area contributed by atoms with Gasteiger partial charge in [0.25, 0.3) is 0 Å². The summed E-state index contributed by atoms with van der Waals surface area (Å²) in [7, 11) is 0. The summed E-state index contributed by atoms with van der Waals surface area (Å²) in [6.45, 7) is 6.97. The number of rotatable bonds is 10. The van der Waals surface area contributed by atoms with Crippen molar-refractivity contribution in [2.45, 2.75) is 51.5 Å². The van der Waals surface area contributed by atoms with Gasteiger partial charge in [-0.2, -0.15) is 4.98 Å². The molecule has 2 fully saturated rings. The summed E-state index contributed by atoms with van der Waals surface area (Å²) >= 11 is 0. The lowest BCUT2D eigenvalue weighted by Gasteiger charge is -2.29. The van der Waals surface area contributed by atoms with Gasteiger partial charge in [-0.05, 0) is 80.4 Å². The summed E-state index contributed by atoms with van der Waals surface area (Å²) in [5.41, 5.74) is 2.06. The van der Waals surface area contributed by atoms with E-state index in [1.165, 1.54) is 31.4 Å². The Morgan fingerprint density at radius 3 is 2.67 bits per heavy atom. The maximum Gasteiger partial charge on any atom is 0.226 e. The number of fused-ring (bicyclic) bond motifs is 1. The average molecular weight is 568 g/mol. The van der Waals surface area contributed by atoms with E-state index in [0.717, 1.165) is 67.6 Å². The van der Waals surface area contributed by atoms with E-state index in [9.17, 15) is 9.18 Å². The number of Topliss-reactive ketones (excluding diaryl/α,β-unsaturated/α-hetero) is 1. The second-order valence-electron chi connectivity index (χ2n) is 11.2. The molecule has 0 amide bonds. The van der Waals surface area contributed by atoms with E-state index in [1.807, 2.05) is 42.5 Å². The van der Waals surface area contributed by atoms with Gasteiger partial charge in [0.1, 0.15) is 11.6 Å². The number of benzene rings is 3. The Hall–Kier alpha value is -4.04. The van der Waals surface area contributed by atoms with Crippen LogP contribution in [0.15, 0.2) is 66.9 Å². The van der Waals surface area contributed by atoms with Gasteiger partial charge in [-0.1, -0.05) is 37.3 Å². The normalized spacial score (nSPS) is 17.5. The van der Waals surface area contributed by atoms with E-state index in [-0.39, 0.29) is 18.0 Å². The molecule has 3 heterocycles. The van der Waals surface area contributed by atoms with Crippen LogP contribution in [0.2, 0.25) is 0 Å². The Morgan fingerprint density at radius 2 is 1.83 bits per heavy atom. The van der Waals surface area contributed by atoms with Gasteiger partial charge in [0.2, 0.25) is 11.8 Å². The van der Waals surface area contributed by atoms with E-state index in [2.05, 4.69) is 32.0 Å². The van der Waals surface area contributed by atoms with Crippen LogP contribution < -0.4 is 15.0 Å². The highest BCUT2D eigenvalue weighted by atomic mass is 19.1. The number of nitrogens with zero attached hydrogens (tertiary/aromatic N) is 4. The zero-order valence-electron chi connectivity index (χ0n) is 24.2. The van der Waals surface area contributed by atoms with Crippen molar-refractivity contribution in [3.05, 3.63) is 83.8 Å². The lowest BCUT2D eigenvalue weighted by atomic mass is 9.96. The van der Waals surface area contributed by atoms with Gasteiger partial charge < -0.3 is 15.0 Å². The first-order valence-electron chi connectivity index (χ1n) is 15.2. The summed E-state index contributed by atoms with van der Waals surface area (Å²) < 4.78 is 20.8. The van der Waals surface area contributed by atoms with Crippen molar-refractivity contribution >= 4 is 28.2 Å². The molecule has 8 heteroatoms. The van der Waals surface area contributed by atoms with Crippen molar-refractivity contribution in [3.63, 3.8) is 0 Å². The molecule has 6 rings (SSSR count). The molecule has 4 aromatic rings. The first kappa shape index (κ1) is 28.1. The molecule has 2 aliphatic heterocycles. The number of halogens is 1. The Balaban J connectivity index is 1.19. The molecule has 2 saturated heterocycles. The van der Waals surface area contributed by atoms with Gasteiger partial charge in [-0.25, -0.2) is 9.37 Å². The minimum atomic E-state index is -0.375. The molecule has 2 aliphatic rings. The molecule has 0 radical (unpaired) electrons. The minimum Gasteiger partial charge on any atom is -0.438 e. The zero-order chi connectivity index (χ0) is 28.9. The summed E-state index contributed by atoms with van der Waals surface area (Å²) in [5.74, 6) is 1.16. The van der Waals surface area contributed by atoms with Crippen LogP contribution in [-0.4, -0.2) is 59.4 Å². The number of ketones is 1. The molecular formula is C34H38FN5O2. The quantitative estimate of drug-likeness (QED) is 0.210. The smallest absolute Gasteiger partial charge is 0.226 e. The molecule has 0 saturated carbocycles. The molecule has 0 spiro atoms. The lowest BCUT2D eigenvalue weighted by Crippen LogP contribution is -2.34. The first-order chi connectivity index (χ1) is 20.6. The number of likely N-dealkylation sites (N-methyl/N-ethyl adjacent to an activating group) is 1. The minimum absolute atomic E-state index is 0.109. The molecule has 218 valence electrons. The third kappa shape index (κ3) is 6.39. The Kier molecular flexibility index (Phi) is 8.60. The maximum atomic E-state index is 14.6. The number of ether oxygens (including phenoxy) is 1. The molecule has 1 atom stereocenters. The highest BCUT2D eigenvalue weighted by molar-refractivity contribution is 6.01. The number of piperidine rings is 1. The molecule has 0 bridgehead atoms. The van der Waals surface area contributed by atoms with E-state index in [0.29, 0.717) is 29.2 Å². The van der Waals surface area contributed by atoms with Crippen LogP contribution in [0, 0.1) is 5.82 Å². The predicted octanol–water partition coefficient (Wildman–Crippen LogP) is 6.87. The van der Waals surface area contributed by atoms with E-state index in [1.54, 1.807) is 12.3 Å². The van der Waals surface area contributed by atoms with Gasteiger partial charge >= 0.3 is 0 Å². The number of carbonyl (C=O) groups excluding carboxylic acids is 1. The fourth-order valence-electron chi connectivity index (χ4n) is 6.27. The van der Waals surface area contributed by atoms with Gasteiger partial charge in [0.05, 0.1) is 0 Å². The van der Waals surface area contributed by atoms with Crippen molar-refractivity contribution in [1.29, 1.82) is 0 Å². The van der Waals surface area contributed by atoms with Crippen LogP contribution in [0.3, 0.4) is 0 Å². The third-order valence-corrected chi connectivity index (χ3v) is 8.50. The monoisotopic (exact) mass is 567 g/mol. The number of hydrogen-bond acceptors (Lipinski definition) is 7. The second kappa shape index (κ2) is 12.9. The maximum absolute atomic E-state index is 14.6. The van der Waals surface area contributed by atoms with Crippen molar-refractivity contribution in [2.24, 2.45) is 0 Å². The number of aromatic nitrogens is 2. The topological polar surface area (TPSA) is 70.6 Å². The van der Waals surface area contributed by atoms with E-state index in [4.69, 9.17) is 4.74 Å². The number of nitrogens with one attached hydrogen (secondary N) is 1. The van der Waals surface area contributed by atoms with E-state index < -0.39 is 0 Å². The number of likely N-dealkylation sites (tertiary alicyclic amines) is 1. The molecular weight excluding hydrogens is 529 g/mol. The molecule has 1 N–H and O–H groups in total. The van der Waals surface area contributed by atoms with Crippen molar-refractivity contribution in [2.75, 3.05) is 42.9 Å². The van der Waals surface area contributed by atoms with Crippen LogP contribution in [0.4, 0.5) is 16.0 Å². The van der Waals surface area contributed by atoms with Crippen LogP contribution in [0.25, 0.3) is 10.8 Å². The predicted molar refractivity (Wildman–Crippen MR) is 165 cm³/mol. The highest BCUT2D eigenvalue weighted by Crippen LogP contribution is 2.33. The van der Waals surface area contributed by atoms with Crippen molar-refractivity contribution in [3.8, 4) is 11.6 Å². The Morgan fingerprint density at radius 1 is 1.00 bits per heavy atom. The first-order valence-corrected chi connectivity index (χ1v) is 15.2. The number of anilines is 2. The Labute approximate surface area is 246 Å². The lowest BCUT2D eigenvalue weighted by molar-refractivity contribution is 0.0993. The largest absolute Gasteiger partial charge is 0.438 e. The van der Waals surface area contributed by atoms with Crippen LogP contribution in [0.5, 0.6) is 11.6 Å². The van der Waals surface area contributed by atoms with Gasteiger partial charge in [0.15, 0.2) is 5.78 Å². The third-order valence-electron chi connectivity index (χ3n) is 8.50. The summed E-state index contributed by atoms with van der Waals surface area (Å²) in [6.07, 6.45) is 7.64. The fourth-order valence-corrected chi connectivity index (χ4v) is 6.27. The Bertz CT molecular complexity index is 1550. The molecule has 1 aromatic heterocycles. The molecule has 42 heavy (non-hydrogen) atoms. The van der Waals surface area contributed by atoms with Crippen molar-refractivity contribution < 1.29 is 13.9 Å². The zero-order valence-corrected chi connectivity index (χ0v) is 24.2. The van der Waals surface area contributed by atoms with Crippen LogP contribution in [0.1, 0.15) is 54.9 Å². The summed E-state index contributed by atoms with van der Waals surface area (Å²) in [5, 5.41) is 5.18. The summed E-state index contributed by atoms with van der Waals surface area (Å²) in [4.78, 5) is 27.0. The molecule has 0 aliphatic carbocycles. The molecule has 1 unspecified atom stereocenters. The van der Waals surface area contributed by atoms with Crippen molar-refractivity contribution in [1.82, 2.24) is 14.9 Å². The number of hydrogen-bond donors (Lipinski definition) is 1. The highest BCUT2D eigenvalue weighted by Gasteiger charge is 2.23. The van der Waals surface area contributed by atoms with Gasteiger partial charge in [0, 0.05) is 61.0 Å². The fraction of sp³-hybridized carbons (Fsp3) is 0.382.